The summed E-state index contributed by atoms with van der Waals surface area (Å²) in [5, 5.41) is 3.18. The molecule has 0 amide bonds. The molecule has 0 aliphatic rings. The lowest BCUT2D eigenvalue weighted by Crippen LogP contribution is -1.96. The van der Waals surface area contributed by atoms with Crippen molar-refractivity contribution in [2.24, 2.45) is 5.92 Å². The Balaban J connectivity index is 2.10. The van der Waals surface area contributed by atoms with E-state index in [1.54, 1.807) is 11.3 Å². The Labute approximate surface area is 123 Å². The third-order valence-electron chi connectivity index (χ3n) is 3.33. The number of hydrogen-bond donors (Lipinski definition) is 1. The summed E-state index contributed by atoms with van der Waals surface area (Å²) in [5.74, 6) is 0.579. The van der Waals surface area contributed by atoms with Gasteiger partial charge in [0.25, 0.3) is 0 Å². The molecule has 102 valence electrons. The predicted molar refractivity (Wildman–Crippen MR) is 88.0 cm³/mol. The summed E-state index contributed by atoms with van der Waals surface area (Å²) in [6.45, 7) is 4.42. The molecule has 2 aromatic carbocycles. The number of nitrogens with two attached hydrogens (primary N) is 1. The number of aromatic nitrogens is 1. The molecule has 1 aromatic heterocycles. The fourth-order valence-electron chi connectivity index (χ4n) is 2.45. The Morgan fingerprint density at radius 2 is 1.85 bits per heavy atom. The monoisotopic (exact) mass is 282 g/mol. The Kier molecular flexibility index (Phi) is 3.45. The van der Waals surface area contributed by atoms with Crippen molar-refractivity contribution in [1.82, 2.24) is 4.98 Å². The van der Waals surface area contributed by atoms with Crippen molar-refractivity contribution in [3.63, 3.8) is 0 Å². The van der Waals surface area contributed by atoms with E-state index >= 15 is 0 Å². The van der Waals surface area contributed by atoms with Gasteiger partial charge in [-0.1, -0.05) is 61.6 Å². The molecule has 2 nitrogen and oxygen atoms in total. The number of nitrogen functional groups attached to an aromatic ring is 1. The van der Waals surface area contributed by atoms with Crippen molar-refractivity contribution in [1.29, 1.82) is 0 Å². The highest BCUT2D eigenvalue weighted by atomic mass is 32.1. The van der Waals surface area contributed by atoms with Gasteiger partial charge in [-0.05, 0) is 34.7 Å². The molecule has 3 rings (SSSR count). The first kappa shape index (κ1) is 13.1. The minimum atomic E-state index is 0.579. The summed E-state index contributed by atoms with van der Waals surface area (Å²) in [6, 6.07) is 15.0. The van der Waals surface area contributed by atoms with Crippen molar-refractivity contribution in [2.45, 2.75) is 20.3 Å². The van der Waals surface area contributed by atoms with Crippen LogP contribution in [0.15, 0.2) is 42.5 Å². The van der Waals surface area contributed by atoms with Crippen LogP contribution >= 0.6 is 11.3 Å². The van der Waals surface area contributed by atoms with Gasteiger partial charge in [-0.3, -0.25) is 0 Å². The summed E-state index contributed by atoms with van der Waals surface area (Å²) in [7, 11) is 0. The van der Waals surface area contributed by atoms with Crippen LogP contribution in [-0.2, 0) is 6.42 Å². The molecule has 0 radical (unpaired) electrons. The summed E-state index contributed by atoms with van der Waals surface area (Å²) < 4.78 is 0. The highest BCUT2D eigenvalue weighted by Gasteiger charge is 2.13. The largest absolute Gasteiger partial charge is 0.375 e. The van der Waals surface area contributed by atoms with Crippen LogP contribution in [0.3, 0.4) is 0 Å². The Morgan fingerprint density at radius 1 is 1.10 bits per heavy atom. The van der Waals surface area contributed by atoms with Gasteiger partial charge in [0.2, 0.25) is 0 Å². The molecular formula is C17H18N2S. The standard InChI is InChI=1S/C17H18N2S/c1-11(2)9-15-16(20-17(18)19-15)14-8-7-12-5-3-4-6-13(12)10-14/h3-8,10-11H,9H2,1-2H3,(H2,18,19). The zero-order chi connectivity index (χ0) is 14.1. The van der Waals surface area contributed by atoms with Crippen molar-refractivity contribution >= 4 is 27.2 Å². The van der Waals surface area contributed by atoms with Crippen molar-refractivity contribution in [3.05, 3.63) is 48.2 Å². The summed E-state index contributed by atoms with van der Waals surface area (Å²) in [5.41, 5.74) is 8.25. The van der Waals surface area contributed by atoms with Crippen LogP contribution in [-0.4, -0.2) is 4.98 Å². The van der Waals surface area contributed by atoms with Gasteiger partial charge in [0.05, 0.1) is 10.6 Å². The number of rotatable bonds is 3. The van der Waals surface area contributed by atoms with Crippen LogP contribution < -0.4 is 5.73 Å². The zero-order valence-corrected chi connectivity index (χ0v) is 12.6. The smallest absolute Gasteiger partial charge is 0.180 e. The summed E-state index contributed by atoms with van der Waals surface area (Å²) in [6.07, 6.45) is 0.968. The van der Waals surface area contributed by atoms with Crippen molar-refractivity contribution in [3.8, 4) is 10.4 Å². The van der Waals surface area contributed by atoms with Gasteiger partial charge in [0.15, 0.2) is 5.13 Å². The quantitative estimate of drug-likeness (QED) is 0.753. The van der Waals surface area contributed by atoms with Crippen LogP contribution in [0.1, 0.15) is 19.5 Å². The van der Waals surface area contributed by atoms with Gasteiger partial charge < -0.3 is 5.73 Å². The van der Waals surface area contributed by atoms with E-state index in [-0.39, 0.29) is 0 Å². The van der Waals surface area contributed by atoms with E-state index in [1.165, 1.54) is 21.2 Å². The average Bonchev–Trinajstić information content (AvgIpc) is 2.78. The first-order valence-electron chi connectivity index (χ1n) is 6.88. The molecular weight excluding hydrogens is 264 g/mol. The molecule has 0 saturated heterocycles. The summed E-state index contributed by atoms with van der Waals surface area (Å²) >= 11 is 1.58. The maximum Gasteiger partial charge on any atom is 0.180 e. The number of thiazole rings is 1. The van der Waals surface area contributed by atoms with Crippen LogP contribution in [0.25, 0.3) is 21.2 Å². The van der Waals surface area contributed by atoms with Crippen LogP contribution in [0.5, 0.6) is 0 Å². The van der Waals surface area contributed by atoms with Gasteiger partial charge in [0, 0.05) is 0 Å². The fourth-order valence-corrected chi connectivity index (χ4v) is 3.31. The lowest BCUT2D eigenvalue weighted by Gasteiger charge is -2.06. The number of nitrogens with zero attached hydrogens (tertiary/aromatic N) is 1. The second kappa shape index (κ2) is 5.25. The van der Waals surface area contributed by atoms with Gasteiger partial charge in [-0.2, -0.15) is 0 Å². The Bertz CT molecular complexity index is 744. The van der Waals surface area contributed by atoms with Crippen LogP contribution in [0, 0.1) is 5.92 Å². The number of hydrogen-bond acceptors (Lipinski definition) is 3. The lowest BCUT2D eigenvalue weighted by molar-refractivity contribution is 0.639. The number of fused-ring (bicyclic) bond motifs is 1. The maximum atomic E-state index is 5.91. The molecule has 0 atom stereocenters. The Hall–Kier alpha value is -1.87. The van der Waals surface area contributed by atoms with E-state index in [4.69, 9.17) is 5.73 Å². The normalized spacial score (nSPS) is 11.3. The molecule has 0 bridgehead atoms. The molecule has 1 heterocycles. The minimum Gasteiger partial charge on any atom is -0.375 e. The molecule has 0 spiro atoms. The lowest BCUT2D eigenvalue weighted by atomic mass is 10.0. The molecule has 3 aromatic rings. The maximum absolute atomic E-state index is 5.91. The second-order valence-electron chi connectivity index (χ2n) is 5.49. The zero-order valence-electron chi connectivity index (χ0n) is 11.8. The SMILES string of the molecule is CC(C)Cc1nc(N)sc1-c1ccc2ccccc2c1. The highest BCUT2D eigenvalue weighted by Crippen LogP contribution is 2.34. The van der Waals surface area contributed by atoms with Gasteiger partial charge in [0.1, 0.15) is 0 Å². The molecule has 2 N–H and O–H groups in total. The molecule has 0 aliphatic carbocycles. The number of benzene rings is 2. The third-order valence-corrected chi connectivity index (χ3v) is 4.30. The molecule has 0 fully saturated rings. The molecule has 3 heteroatoms. The molecule has 0 aliphatic heterocycles. The van der Waals surface area contributed by atoms with Gasteiger partial charge in [-0.15, -0.1) is 0 Å². The second-order valence-corrected chi connectivity index (χ2v) is 6.52. The highest BCUT2D eigenvalue weighted by molar-refractivity contribution is 7.18. The van der Waals surface area contributed by atoms with Crippen molar-refractivity contribution < 1.29 is 0 Å². The van der Waals surface area contributed by atoms with E-state index in [2.05, 4.69) is 61.3 Å². The topological polar surface area (TPSA) is 38.9 Å². The fraction of sp³-hybridized carbons (Fsp3) is 0.235. The molecule has 20 heavy (non-hydrogen) atoms. The van der Waals surface area contributed by atoms with Crippen molar-refractivity contribution in [2.75, 3.05) is 5.73 Å². The molecule has 0 saturated carbocycles. The van der Waals surface area contributed by atoms with E-state index in [0.29, 0.717) is 11.0 Å². The van der Waals surface area contributed by atoms with E-state index in [1.807, 2.05) is 0 Å². The summed E-state index contributed by atoms with van der Waals surface area (Å²) in [4.78, 5) is 5.71. The Morgan fingerprint density at radius 3 is 2.60 bits per heavy atom. The first-order chi connectivity index (χ1) is 9.63. The van der Waals surface area contributed by atoms with Gasteiger partial charge >= 0.3 is 0 Å². The first-order valence-corrected chi connectivity index (χ1v) is 7.69. The predicted octanol–water partition coefficient (Wildman–Crippen LogP) is 4.74. The minimum absolute atomic E-state index is 0.579. The van der Waals surface area contributed by atoms with Crippen LogP contribution in [0.2, 0.25) is 0 Å². The average molecular weight is 282 g/mol. The van der Waals surface area contributed by atoms with E-state index < -0.39 is 0 Å². The van der Waals surface area contributed by atoms with E-state index in [9.17, 15) is 0 Å². The molecule has 0 unspecified atom stereocenters. The van der Waals surface area contributed by atoms with Crippen LogP contribution in [0.4, 0.5) is 5.13 Å². The van der Waals surface area contributed by atoms with Gasteiger partial charge in [-0.25, -0.2) is 4.98 Å². The number of anilines is 1. The van der Waals surface area contributed by atoms with E-state index in [0.717, 1.165) is 12.1 Å². The third kappa shape index (κ3) is 2.54.